The van der Waals surface area contributed by atoms with E-state index in [1.54, 1.807) is 0 Å². The first-order valence-electron chi connectivity index (χ1n) is 5.27. The lowest BCUT2D eigenvalue weighted by atomic mass is 10.2. The summed E-state index contributed by atoms with van der Waals surface area (Å²) >= 11 is 5.95. The molecule has 1 aromatic heterocycles. The summed E-state index contributed by atoms with van der Waals surface area (Å²) in [6, 6.07) is -0.276. The van der Waals surface area contributed by atoms with Crippen molar-refractivity contribution in [1.29, 1.82) is 0 Å². The number of aryl methyl sites for hydroxylation is 1. The van der Waals surface area contributed by atoms with E-state index in [0.29, 0.717) is 11.6 Å². The monoisotopic (exact) mass is 267 g/mol. The summed E-state index contributed by atoms with van der Waals surface area (Å²) in [6.07, 6.45) is 3.66. The number of hydrogen-bond acceptors (Lipinski definition) is 3. The van der Waals surface area contributed by atoms with Crippen molar-refractivity contribution in [3.63, 3.8) is 0 Å². The Morgan fingerprint density at radius 3 is 2.81 bits per heavy atom. The average Bonchev–Trinajstić information content (AvgIpc) is 2.56. The molecule has 4 nitrogen and oxygen atoms in total. The van der Waals surface area contributed by atoms with Crippen molar-refractivity contribution in [1.82, 2.24) is 9.97 Å². The predicted octanol–water partition coefficient (Wildman–Crippen LogP) is 1.69. The molecule has 6 heteroatoms. The van der Waals surface area contributed by atoms with Crippen LogP contribution in [0.25, 0.3) is 0 Å². The van der Waals surface area contributed by atoms with Crippen LogP contribution in [-0.2, 0) is 12.8 Å². The predicted molar refractivity (Wildman–Crippen MR) is 68.2 cm³/mol. The lowest BCUT2D eigenvalue weighted by molar-refractivity contribution is 0.264. The Kier molecular flexibility index (Phi) is 7.76. The normalized spacial score (nSPS) is 12.2. The molecule has 0 fully saturated rings. The van der Waals surface area contributed by atoms with Crippen LogP contribution < -0.4 is 5.73 Å². The standard InChI is InChI=1S/C10H18ClN3O.ClH/c1-2-3-4-9-13-8(10(11)14-9)5-7(12)6-15;/h7,15H,2-6,12H2,1H3,(H,13,14);1H. The molecule has 1 rings (SSSR count). The van der Waals surface area contributed by atoms with Crippen molar-refractivity contribution in [2.45, 2.75) is 38.6 Å². The zero-order chi connectivity index (χ0) is 11.3. The van der Waals surface area contributed by atoms with Crippen molar-refractivity contribution in [3.8, 4) is 0 Å². The number of nitrogens with two attached hydrogens (primary N) is 1. The van der Waals surface area contributed by atoms with E-state index >= 15 is 0 Å². The molecule has 0 bridgehead atoms. The van der Waals surface area contributed by atoms with Gasteiger partial charge in [0, 0.05) is 18.9 Å². The van der Waals surface area contributed by atoms with Gasteiger partial charge in [0.25, 0.3) is 0 Å². The van der Waals surface area contributed by atoms with E-state index in [9.17, 15) is 0 Å². The second kappa shape index (κ2) is 7.90. The Morgan fingerprint density at radius 1 is 1.56 bits per heavy atom. The topological polar surface area (TPSA) is 74.9 Å². The maximum absolute atomic E-state index is 8.83. The van der Waals surface area contributed by atoms with Crippen LogP contribution in [0.1, 0.15) is 31.3 Å². The molecule has 0 spiro atoms. The van der Waals surface area contributed by atoms with Crippen molar-refractivity contribution >= 4 is 24.0 Å². The molecule has 0 amide bonds. The first-order valence-corrected chi connectivity index (χ1v) is 5.64. The molecule has 1 unspecified atom stereocenters. The van der Waals surface area contributed by atoms with Gasteiger partial charge < -0.3 is 15.8 Å². The zero-order valence-electron chi connectivity index (χ0n) is 9.37. The van der Waals surface area contributed by atoms with E-state index in [0.717, 1.165) is 30.8 Å². The van der Waals surface area contributed by atoms with Crippen LogP contribution in [-0.4, -0.2) is 27.7 Å². The smallest absolute Gasteiger partial charge is 0.150 e. The van der Waals surface area contributed by atoms with Gasteiger partial charge in [-0.2, -0.15) is 0 Å². The number of aromatic nitrogens is 2. The van der Waals surface area contributed by atoms with Crippen molar-refractivity contribution in [3.05, 3.63) is 16.7 Å². The number of H-pyrrole nitrogens is 1. The average molecular weight is 268 g/mol. The summed E-state index contributed by atoms with van der Waals surface area (Å²) in [6.45, 7) is 2.09. The molecule has 0 aromatic carbocycles. The third-order valence-corrected chi connectivity index (χ3v) is 2.56. The number of unbranched alkanes of at least 4 members (excludes halogenated alkanes) is 1. The van der Waals surface area contributed by atoms with Crippen molar-refractivity contribution in [2.75, 3.05) is 6.61 Å². The van der Waals surface area contributed by atoms with Gasteiger partial charge in [0.1, 0.15) is 11.0 Å². The van der Waals surface area contributed by atoms with Gasteiger partial charge in [0.2, 0.25) is 0 Å². The fraction of sp³-hybridized carbons (Fsp3) is 0.700. The molecule has 16 heavy (non-hydrogen) atoms. The molecular weight excluding hydrogens is 249 g/mol. The number of rotatable bonds is 6. The lowest BCUT2D eigenvalue weighted by Gasteiger charge is -2.05. The summed E-state index contributed by atoms with van der Waals surface area (Å²) in [5.74, 6) is 0.905. The summed E-state index contributed by atoms with van der Waals surface area (Å²) in [5.41, 5.74) is 6.45. The molecule has 0 aliphatic rings. The fourth-order valence-electron chi connectivity index (χ4n) is 1.36. The number of halogens is 2. The van der Waals surface area contributed by atoms with Gasteiger partial charge in [-0.15, -0.1) is 12.4 Å². The number of imidazole rings is 1. The number of nitrogens with zero attached hydrogens (tertiary/aromatic N) is 1. The summed E-state index contributed by atoms with van der Waals surface area (Å²) < 4.78 is 0. The third-order valence-electron chi connectivity index (χ3n) is 2.25. The highest BCUT2D eigenvalue weighted by Crippen LogP contribution is 2.15. The van der Waals surface area contributed by atoms with Gasteiger partial charge >= 0.3 is 0 Å². The number of aromatic amines is 1. The van der Waals surface area contributed by atoms with Crippen molar-refractivity contribution < 1.29 is 5.11 Å². The van der Waals surface area contributed by atoms with Gasteiger partial charge in [-0.3, -0.25) is 0 Å². The van der Waals surface area contributed by atoms with Crippen LogP contribution in [0.3, 0.4) is 0 Å². The van der Waals surface area contributed by atoms with Crippen LogP contribution >= 0.6 is 24.0 Å². The van der Waals surface area contributed by atoms with Crippen molar-refractivity contribution in [2.24, 2.45) is 5.73 Å². The Bertz CT molecular complexity index is 304. The second-order valence-corrected chi connectivity index (χ2v) is 4.06. The van der Waals surface area contributed by atoms with Gasteiger partial charge in [-0.25, -0.2) is 4.98 Å². The molecule has 0 aliphatic heterocycles. The lowest BCUT2D eigenvalue weighted by Crippen LogP contribution is -2.27. The molecule has 0 saturated heterocycles. The third kappa shape index (κ3) is 4.70. The Hall–Kier alpha value is -0.290. The summed E-state index contributed by atoms with van der Waals surface area (Å²) in [7, 11) is 0. The number of aliphatic hydroxyl groups excluding tert-OH is 1. The van der Waals surface area contributed by atoms with E-state index in [1.165, 1.54) is 0 Å². The molecule has 1 atom stereocenters. The number of nitrogens with one attached hydrogen (secondary N) is 1. The first-order chi connectivity index (χ1) is 7.17. The number of hydrogen-bond donors (Lipinski definition) is 3. The minimum absolute atomic E-state index is 0. The second-order valence-electron chi connectivity index (χ2n) is 3.70. The highest BCUT2D eigenvalue weighted by atomic mass is 35.5. The van der Waals surface area contributed by atoms with Crippen LogP contribution in [0, 0.1) is 0 Å². The van der Waals surface area contributed by atoms with E-state index < -0.39 is 0 Å². The van der Waals surface area contributed by atoms with E-state index in [4.69, 9.17) is 22.4 Å². The molecule has 1 aromatic rings. The van der Waals surface area contributed by atoms with Crippen LogP contribution in [0.2, 0.25) is 5.15 Å². The van der Waals surface area contributed by atoms with Gasteiger partial charge in [-0.1, -0.05) is 24.9 Å². The maximum Gasteiger partial charge on any atom is 0.150 e. The van der Waals surface area contributed by atoms with E-state index in [2.05, 4.69) is 16.9 Å². The first kappa shape index (κ1) is 15.7. The quantitative estimate of drug-likeness (QED) is 0.735. The van der Waals surface area contributed by atoms with Crippen LogP contribution in [0.5, 0.6) is 0 Å². The highest BCUT2D eigenvalue weighted by Gasteiger charge is 2.11. The van der Waals surface area contributed by atoms with Crippen LogP contribution in [0.4, 0.5) is 0 Å². The Balaban J connectivity index is 0.00000225. The highest BCUT2D eigenvalue weighted by molar-refractivity contribution is 6.30. The molecule has 0 saturated carbocycles. The van der Waals surface area contributed by atoms with Gasteiger partial charge in [-0.05, 0) is 6.42 Å². The summed E-state index contributed by atoms with van der Waals surface area (Å²) in [5, 5.41) is 9.31. The van der Waals surface area contributed by atoms with Gasteiger partial charge in [0.05, 0.1) is 12.3 Å². The molecule has 4 N–H and O–H groups in total. The minimum Gasteiger partial charge on any atom is -0.395 e. The SMILES string of the molecule is CCCCc1nc(Cl)c(CC(N)CO)[nH]1.Cl. The van der Waals surface area contributed by atoms with E-state index in [-0.39, 0.29) is 25.1 Å². The molecule has 0 aliphatic carbocycles. The summed E-state index contributed by atoms with van der Waals surface area (Å²) in [4.78, 5) is 7.36. The maximum atomic E-state index is 8.83. The Labute approximate surface area is 107 Å². The largest absolute Gasteiger partial charge is 0.395 e. The van der Waals surface area contributed by atoms with Crippen LogP contribution in [0.15, 0.2) is 0 Å². The zero-order valence-corrected chi connectivity index (χ0v) is 10.9. The van der Waals surface area contributed by atoms with E-state index in [1.807, 2.05) is 0 Å². The molecular formula is C10H19Cl2N3O. The Morgan fingerprint density at radius 2 is 2.25 bits per heavy atom. The fourth-order valence-corrected chi connectivity index (χ4v) is 1.59. The molecule has 0 radical (unpaired) electrons. The molecule has 1 heterocycles. The minimum atomic E-state index is -0.276. The molecule has 94 valence electrons. The number of aliphatic hydroxyl groups is 1. The van der Waals surface area contributed by atoms with Gasteiger partial charge in [0.15, 0.2) is 0 Å².